The van der Waals surface area contributed by atoms with Crippen LogP contribution < -0.4 is 10.6 Å². The van der Waals surface area contributed by atoms with Crippen LogP contribution >= 0.6 is 0 Å². The van der Waals surface area contributed by atoms with E-state index in [1.807, 2.05) is 4.90 Å². The van der Waals surface area contributed by atoms with Crippen LogP contribution in [0.15, 0.2) is 12.3 Å². The highest BCUT2D eigenvalue weighted by atomic mass is 16.5. The summed E-state index contributed by atoms with van der Waals surface area (Å²) < 4.78 is 5.17. The first-order valence-corrected chi connectivity index (χ1v) is 5.25. The minimum atomic E-state index is -0.510. The highest BCUT2D eigenvalue weighted by molar-refractivity contribution is 5.38. The zero-order valence-electron chi connectivity index (χ0n) is 9.21. The first kappa shape index (κ1) is 11.1. The van der Waals surface area contributed by atoms with E-state index in [1.54, 1.807) is 19.4 Å². The van der Waals surface area contributed by atoms with Crippen LogP contribution in [0.3, 0.4) is 0 Å². The van der Waals surface area contributed by atoms with E-state index in [0.717, 1.165) is 13.0 Å². The van der Waals surface area contributed by atoms with Gasteiger partial charge in [0.1, 0.15) is 5.82 Å². The summed E-state index contributed by atoms with van der Waals surface area (Å²) in [5.74, 6) is 1.00. The van der Waals surface area contributed by atoms with E-state index in [4.69, 9.17) is 10.5 Å². The zero-order chi connectivity index (χ0) is 11.5. The normalized spacial score (nSPS) is 25.8. The minimum Gasteiger partial charge on any atom is -0.389 e. The maximum absolute atomic E-state index is 9.82. The second kappa shape index (κ2) is 4.63. The molecule has 2 atom stereocenters. The van der Waals surface area contributed by atoms with Crippen molar-refractivity contribution in [2.24, 2.45) is 0 Å². The number of piperidine rings is 1. The average molecular weight is 224 g/mol. The van der Waals surface area contributed by atoms with Crippen molar-refractivity contribution in [3.05, 3.63) is 12.3 Å². The van der Waals surface area contributed by atoms with Gasteiger partial charge in [0.2, 0.25) is 5.95 Å². The summed E-state index contributed by atoms with van der Waals surface area (Å²) in [6.45, 7) is 1.24. The van der Waals surface area contributed by atoms with Crippen molar-refractivity contribution in [1.82, 2.24) is 9.97 Å². The van der Waals surface area contributed by atoms with E-state index >= 15 is 0 Å². The molecule has 2 heterocycles. The number of aliphatic hydroxyl groups excluding tert-OH is 1. The van der Waals surface area contributed by atoms with Crippen LogP contribution in [0.2, 0.25) is 0 Å². The molecule has 0 aromatic carbocycles. The van der Waals surface area contributed by atoms with Crippen molar-refractivity contribution < 1.29 is 9.84 Å². The van der Waals surface area contributed by atoms with Crippen molar-refractivity contribution in [2.75, 3.05) is 30.8 Å². The predicted molar refractivity (Wildman–Crippen MR) is 60.1 cm³/mol. The monoisotopic (exact) mass is 224 g/mol. The van der Waals surface area contributed by atoms with Crippen LogP contribution in [0.1, 0.15) is 6.42 Å². The number of rotatable bonds is 2. The molecule has 1 saturated heterocycles. The molecular weight excluding hydrogens is 208 g/mol. The maximum atomic E-state index is 9.82. The fourth-order valence-electron chi connectivity index (χ4n) is 1.88. The lowest BCUT2D eigenvalue weighted by molar-refractivity contribution is -0.0219. The van der Waals surface area contributed by atoms with E-state index < -0.39 is 6.10 Å². The number of nitrogen functional groups attached to an aromatic ring is 1. The Hall–Kier alpha value is -1.40. The zero-order valence-corrected chi connectivity index (χ0v) is 9.21. The Morgan fingerprint density at radius 2 is 2.44 bits per heavy atom. The summed E-state index contributed by atoms with van der Waals surface area (Å²) in [7, 11) is 1.61. The van der Waals surface area contributed by atoms with Gasteiger partial charge in [-0.3, -0.25) is 0 Å². The molecule has 0 radical (unpaired) electrons. The van der Waals surface area contributed by atoms with Crippen LogP contribution in [-0.4, -0.2) is 47.5 Å². The quantitative estimate of drug-likeness (QED) is 0.714. The Balaban J connectivity index is 2.07. The lowest BCUT2D eigenvalue weighted by atomic mass is 10.1. The number of ether oxygens (including phenoxy) is 1. The molecular formula is C10H16N4O2. The summed E-state index contributed by atoms with van der Waals surface area (Å²) in [5.41, 5.74) is 5.59. The average Bonchev–Trinajstić information content (AvgIpc) is 2.29. The van der Waals surface area contributed by atoms with Gasteiger partial charge < -0.3 is 20.5 Å². The third-order valence-electron chi connectivity index (χ3n) is 2.77. The molecule has 0 saturated carbocycles. The Kier molecular flexibility index (Phi) is 3.21. The Bertz CT molecular complexity index is 360. The third kappa shape index (κ3) is 2.23. The van der Waals surface area contributed by atoms with Crippen LogP contribution in [-0.2, 0) is 4.74 Å². The molecule has 0 bridgehead atoms. The third-order valence-corrected chi connectivity index (χ3v) is 2.77. The number of hydrogen-bond donors (Lipinski definition) is 2. The standard InChI is InChI=1S/C10H16N4O2/c1-16-8-3-5-14(6-7(8)15)10-12-4-2-9(11)13-10/h2,4,7-8,15H,3,5-6H2,1H3,(H2,11,12,13)/t7-,8+/m0/s1. The number of β-amino-alcohol motifs (C(OH)–C–C–N with tert-alkyl or cyclic N) is 1. The van der Waals surface area contributed by atoms with Gasteiger partial charge in [0.05, 0.1) is 12.2 Å². The molecule has 1 aromatic rings. The molecule has 88 valence electrons. The van der Waals surface area contributed by atoms with Crippen molar-refractivity contribution >= 4 is 11.8 Å². The largest absolute Gasteiger partial charge is 0.389 e. The maximum Gasteiger partial charge on any atom is 0.227 e. The number of anilines is 2. The first-order valence-electron chi connectivity index (χ1n) is 5.25. The van der Waals surface area contributed by atoms with Crippen LogP contribution in [0, 0.1) is 0 Å². The number of nitrogens with two attached hydrogens (primary N) is 1. The molecule has 6 nitrogen and oxygen atoms in total. The Labute approximate surface area is 94.1 Å². The van der Waals surface area contributed by atoms with E-state index in [0.29, 0.717) is 18.3 Å². The van der Waals surface area contributed by atoms with Crippen LogP contribution in [0.25, 0.3) is 0 Å². The number of hydrogen-bond acceptors (Lipinski definition) is 6. The highest BCUT2D eigenvalue weighted by Crippen LogP contribution is 2.18. The number of methoxy groups -OCH3 is 1. The van der Waals surface area contributed by atoms with E-state index in [-0.39, 0.29) is 6.10 Å². The fraction of sp³-hybridized carbons (Fsp3) is 0.600. The van der Waals surface area contributed by atoms with Gasteiger partial charge in [-0.05, 0) is 12.5 Å². The Morgan fingerprint density at radius 1 is 1.62 bits per heavy atom. The van der Waals surface area contributed by atoms with Gasteiger partial charge >= 0.3 is 0 Å². The molecule has 1 fully saturated rings. The molecule has 6 heteroatoms. The summed E-state index contributed by atoms with van der Waals surface area (Å²) in [6, 6.07) is 1.64. The van der Waals surface area contributed by atoms with Gasteiger partial charge in [-0.2, -0.15) is 4.98 Å². The van der Waals surface area contributed by atoms with Gasteiger partial charge in [-0.15, -0.1) is 0 Å². The van der Waals surface area contributed by atoms with Crippen molar-refractivity contribution in [2.45, 2.75) is 18.6 Å². The summed E-state index contributed by atoms with van der Waals surface area (Å²) in [6.07, 6.45) is 1.77. The molecule has 1 aromatic heterocycles. The van der Waals surface area contributed by atoms with Crippen LogP contribution in [0.5, 0.6) is 0 Å². The van der Waals surface area contributed by atoms with Gasteiger partial charge in [0.15, 0.2) is 0 Å². The van der Waals surface area contributed by atoms with Gasteiger partial charge in [0.25, 0.3) is 0 Å². The van der Waals surface area contributed by atoms with Gasteiger partial charge in [-0.1, -0.05) is 0 Å². The predicted octanol–water partition coefficient (Wildman–Crippen LogP) is -0.355. The summed E-state index contributed by atoms with van der Waals surface area (Å²) in [5, 5.41) is 9.82. The minimum absolute atomic E-state index is 0.0997. The molecule has 0 aliphatic carbocycles. The molecule has 16 heavy (non-hydrogen) atoms. The second-order valence-corrected chi connectivity index (χ2v) is 3.86. The topological polar surface area (TPSA) is 84.5 Å². The molecule has 3 N–H and O–H groups in total. The number of nitrogens with zero attached hydrogens (tertiary/aromatic N) is 3. The van der Waals surface area contributed by atoms with Crippen LogP contribution in [0.4, 0.5) is 11.8 Å². The fourth-order valence-corrected chi connectivity index (χ4v) is 1.88. The molecule has 1 aliphatic rings. The molecule has 1 aliphatic heterocycles. The van der Waals surface area contributed by atoms with Crippen molar-refractivity contribution in [3.63, 3.8) is 0 Å². The summed E-state index contributed by atoms with van der Waals surface area (Å²) >= 11 is 0. The molecule has 2 rings (SSSR count). The number of aliphatic hydroxyl groups is 1. The smallest absolute Gasteiger partial charge is 0.227 e. The van der Waals surface area contributed by atoms with Gasteiger partial charge in [0, 0.05) is 26.4 Å². The number of aromatic nitrogens is 2. The van der Waals surface area contributed by atoms with Gasteiger partial charge in [-0.25, -0.2) is 4.98 Å². The molecule has 0 amide bonds. The molecule has 0 unspecified atom stereocenters. The van der Waals surface area contributed by atoms with E-state index in [1.165, 1.54) is 0 Å². The molecule has 0 spiro atoms. The first-order chi connectivity index (χ1) is 7.70. The Morgan fingerprint density at radius 3 is 3.06 bits per heavy atom. The van der Waals surface area contributed by atoms with Crippen molar-refractivity contribution in [3.8, 4) is 0 Å². The van der Waals surface area contributed by atoms with Crippen molar-refractivity contribution in [1.29, 1.82) is 0 Å². The lowest BCUT2D eigenvalue weighted by Gasteiger charge is -2.35. The van der Waals surface area contributed by atoms with E-state index in [9.17, 15) is 5.11 Å². The highest BCUT2D eigenvalue weighted by Gasteiger charge is 2.28. The second-order valence-electron chi connectivity index (χ2n) is 3.86. The lowest BCUT2D eigenvalue weighted by Crippen LogP contribution is -2.48. The SMILES string of the molecule is CO[C@@H]1CCN(c2nccc(N)n2)C[C@@H]1O. The van der Waals surface area contributed by atoms with E-state index in [2.05, 4.69) is 9.97 Å². The summed E-state index contributed by atoms with van der Waals surface area (Å²) in [4.78, 5) is 10.2.